The van der Waals surface area contributed by atoms with Crippen molar-refractivity contribution in [2.24, 2.45) is 0 Å². The van der Waals surface area contributed by atoms with Crippen molar-refractivity contribution in [3.63, 3.8) is 0 Å². The maximum absolute atomic E-state index is 13.3. The van der Waals surface area contributed by atoms with Gasteiger partial charge in [-0.05, 0) is 18.6 Å². The summed E-state index contributed by atoms with van der Waals surface area (Å²) in [7, 11) is 0. The number of nitrogens with one attached hydrogen (secondary N) is 1. The molecule has 0 heterocycles. The number of hydrogen-bond acceptors (Lipinski definition) is 1. The van der Waals surface area contributed by atoms with E-state index in [0.29, 0.717) is 13.0 Å². The van der Waals surface area contributed by atoms with Gasteiger partial charge in [0.25, 0.3) is 5.91 Å². The van der Waals surface area contributed by atoms with Crippen LogP contribution in [0.15, 0.2) is 24.8 Å². The number of rotatable bonds is 4. The van der Waals surface area contributed by atoms with Gasteiger partial charge in [0.2, 0.25) is 0 Å². The summed E-state index contributed by atoms with van der Waals surface area (Å²) >= 11 is 5.36. The third kappa shape index (κ3) is 3.03. The second kappa shape index (κ2) is 5.61. The summed E-state index contributed by atoms with van der Waals surface area (Å²) in [6.45, 7) is 3.80. The first-order valence-corrected chi connectivity index (χ1v) is 4.97. The lowest BCUT2D eigenvalue weighted by atomic mass is 10.2. The number of carbonyl (C=O) groups excluding carboxylic acids is 1. The Morgan fingerprint density at radius 1 is 1.44 bits per heavy atom. The summed E-state index contributed by atoms with van der Waals surface area (Å²) in [5.74, 6) is -2.34. The molecule has 0 spiro atoms. The minimum Gasteiger partial charge on any atom is -0.352 e. The van der Waals surface area contributed by atoms with Crippen LogP contribution in [0, 0.1) is 11.6 Å². The summed E-state index contributed by atoms with van der Waals surface area (Å²) in [6.07, 6.45) is 2.17. The fraction of sp³-hybridized carbons (Fsp3) is 0.182. The second-order valence-electron chi connectivity index (χ2n) is 3.08. The van der Waals surface area contributed by atoms with Crippen molar-refractivity contribution in [1.82, 2.24) is 5.32 Å². The van der Waals surface area contributed by atoms with Crippen molar-refractivity contribution >= 4 is 17.5 Å². The third-order valence-electron chi connectivity index (χ3n) is 1.89. The number of halogens is 3. The van der Waals surface area contributed by atoms with Gasteiger partial charge in [0.15, 0.2) is 0 Å². The number of hydrogen-bond donors (Lipinski definition) is 1. The topological polar surface area (TPSA) is 29.1 Å². The summed E-state index contributed by atoms with van der Waals surface area (Å²) in [5.41, 5.74) is -0.356. The highest BCUT2D eigenvalue weighted by molar-refractivity contribution is 6.30. The molecule has 1 aromatic rings. The van der Waals surface area contributed by atoms with Crippen LogP contribution in [0.25, 0.3) is 0 Å². The standard InChI is InChI=1S/C11H10ClF2NO/c1-2-3-4-15-11(16)7-5-10(14)8(12)6-9(7)13/h2,5-6H,1,3-4H2,(H,15,16). The monoisotopic (exact) mass is 245 g/mol. The quantitative estimate of drug-likeness (QED) is 0.493. The van der Waals surface area contributed by atoms with E-state index in [2.05, 4.69) is 11.9 Å². The molecule has 86 valence electrons. The average Bonchev–Trinajstić information content (AvgIpc) is 2.23. The van der Waals surface area contributed by atoms with Crippen molar-refractivity contribution in [1.29, 1.82) is 0 Å². The molecule has 0 atom stereocenters. The Hall–Kier alpha value is -1.42. The maximum atomic E-state index is 13.3. The summed E-state index contributed by atoms with van der Waals surface area (Å²) in [5, 5.41) is 2.08. The number of carbonyl (C=O) groups is 1. The highest BCUT2D eigenvalue weighted by atomic mass is 35.5. The van der Waals surface area contributed by atoms with Crippen LogP contribution < -0.4 is 5.32 Å². The minimum atomic E-state index is -0.845. The van der Waals surface area contributed by atoms with Gasteiger partial charge in [-0.2, -0.15) is 0 Å². The van der Waals surface area contributed by atoms with E-state index < -0.39 is 17.5 Å². The smallest absolute Gasteiger partial charge is 0.254 e. The van der Waals surface area contributed by atoms with E-state index in [4.69, 9.17) is 11.6 Å². The zero-order valence-corrected chi connectivity index (χ0v) is 9.15. The molecule has 1 N–H and O–H groups in total. The lowest BCUT2D eigenvalue weighted by molar-refractivity contribution is 0.0950. The Kier molecular flexibility index (Phi) is 4.43. The first-order valence-electron chi connectivity index (χ1n) is 4.60. The van der Waals surface area contributed by atoms with Crippen molar-refractivity contribution < 1.29 is 13.6 Å². The van der Waals surface area contributed by atoms with Crippen LogP contribution in [0.3, 0.4) is 0 Å². The summed E-state index contributed by atoms with van der Waals surface area (Å²) in [4.78, 5) is 11.4. The van der Waals surface area contributed by atoms with Gasteiger partial charge in [0.05, 0.1) is 10.6 Å². The summed E-state index contributed by atoms with van der Waals surface area (Å²) < 4.78 is 26.3. The van der Waals surface area contributed by atoms with Gasteiger partial charge in [0.1, 0.15) is 11.6 Å². The zero-order chi connectivity index (χ0) is 12.1. The lowest BCUT2D eigenvalue weighted by Crippen LogP contribution is -2.25. The molecule has 16 heavy (non-hydrogen) atoms. The van der Waals surface area contributed by atoms with Crippen LogP contribution in [0.2, 0.25) is 5.02 Å². The number of amides is 1. The molecular weight excluding hydrogens is 236 g/mol. The van der Waals surface area contributed by atoms with E-state index in [1.807, 2.05) is 0 Å². The van der Waals surface area contributed by atoms with Gasteiger partial charge in [0, 0.05) is 6.54 Å². The van der Waals surface area contributed by atoms with Crippen LogP contribution in [0.1, 0.15) is 16.8 Å². The minimum absolute atomic E-state index is 0.325. The SMILES string of the molecule is C=CCCNC(=O)c1cc(F)c(Cl)cc1F. The highest BCUT2D eigenvalue weighted by Crippen LogP contribution is 2.19. The third-order valence-corrected chi connectivity index (χ3v) is 2.18. The van der Waals surface area contributed by atoms with Crippen LogP contribution >= 0.6 is 11.6 Å². The van der Waals surface area contributed by atoms with Crippen LogP contribution in [0.5, 0.6) is 0 Å². The summed E-state index contributed by atoms with van der Waals surface area (Å²) in [6, 6.07) is 1.56. The maximum Gasteiger partial charge on any atom is 0.254 e. The van der Waals surface area contributed by atoms with Crippen molar-refractivity contribution in [3.05, 3.63) is 47.0 Å². The zero-order valence-electron chi connectivity index (χ0n) is 8.40. The van der Waals surface area contributed by atoms with Crippen LogP contribution in [0.4, 0.5) is 8.78 Å². The van der Waals surface area contributed by atoms with Crippen molar-refractivity contribution in [2.45, 2.75) is 6.42 Å². The van der Waals surface area contributed by atoms with Gasteiger partial charge in [-0.15, -0.1) is 6.58 Å². The molecule has 5 heteroatoms. The van der Waals surface area contributed by atoms with Crippen LogP contribution in [-0.4, -0.2) is 12.5 Å². The molecule has 0 bridgehead atoms. The van der Waals surface area contributed by atoms with Gasteiger partial charge in [-0.3, -0.25) is 4.79 Å². The Morgan fingerprint density at radius 2 is 2.12 bits per heavy atom. The number of benzene rings is 1. The van der Waals surface area contributed by atoms with E-state index in [-0.39, 0.29) is 10.6 Å². The predicted octanol–water partition coefficient (Wildman–Crippen LogP) is 2.92. The van der Waals surface area contributed by atoms with Gasteiger partial charge in [-0.1, -0.05) is 17.7 Å². The Balaban J connectivity index is 2.83. The van der Waals surface area contributed by atoms with Crippen LogP contribution in [-0.2, 0) is 0 Å². The molecule has 0 fully saturated rings. The molecule has 1 amide bonds. The average molecular weight is 246 g/mol. The van der Waals surface area contributed by atoms with E-state index in [1.54, 1.807) is 6.08 Å². The fourth-order valence-corrected chi connectivity index (χ4v) is 1.23. The Bertz CT molecular complexity index is 421. The predicted molar refractivity (Wildman–Crippen MR) is 58.5 cm³/mol. The molecule has 0 saturated carbocycles. The van der Waals surface area contributed by atoms with Gasteiger partial charge < -0.3 is 5.32 Å². The molecule has 0 aliphatic rings. The van der Waals surface area contributed by atoms with E-state index in [9.17, 15) is 13.6 Å². The van der Waals surface area contributed by atoms with Crippen molar-refractivity contribution in [2.75, 3.05) is 6.54 Å². The molecule has 0 aliphatic carbocycles. The highest BCUT2D eigenvalue weighted by Gasteiger charge is 2.14. The largest absolute Gasteiger partial charge is 0.352 e. The van der Waals surface area contributed by atoms with Gasteiger partial charge >= 0.3 is 0 Å². The normalized spacial score (nSPS) is 9.94. The van der Waals surface area contributed by atoms with E-state index in [1.165, 1.54) is 0 Å². The first-order chi connectivity index (χ1) is 7.56. The molecule has 0 aliphatic heterocycles. The Labute approximate surface area is 96.9 Å². The fourth-order valence-electron chi connectivity index (χ4n) is 1.08. The first kappa shape index (κ1) is 12.6. The lowest BCUT2D eigenvalue weighted by Gasteiger charge is -2.05. The molecule has 0 unspecified atom stereocenters. The van der Waals surface area contributed by atoms with E-state index >= 15 is 0 Å². The van der Waals surface area contributed by atoms with Crippen molar-refractivity contribution in [3.8, 4) is 0 Å². The molecule has 0 radical (unpaired) electrons. The molecule has 0 aromatic heterocycles. The molecule has 1 rings (SSSR count). The van der Waals surface area contributed by atoms with E-state index in [0.717, 1.165) is 12.1 Å². The molecule has 0 saturated heterocycles. The molecular formula is C11H10ClF2NO. The van der Waals surface area contributed by atoms with Gasteiger partial charge in [-0.25, -0.2) is 8.78 Å². The second-order valence-corrected chi connectivity index (χ2v) is 3.49. The Morgan fingerprint density at radius 3 is 2.75 bits per heavy atom. The molecule has 1 aromatic carbocycles. The molecule has 2 nitrogen and oxygen atoms in total.